The van der Waals surface area contributed by atoms with Gasteiger partial charge in [-0.05, 0) is 43.5 Å². The predicted molar refractivity (Wildman–Crippen MR) is 87.3 cm³/mol. The van der Waals surface area contributed by atoms with Gasteiger partial charge >= 0.3 is 6.36 Å². The molecule has 1 aromatic carbocycles. The van der Waals surface area contributed by atoms with Crippen LogP contribution in [-0.4, -0.2) is 58.1 Å². The molecule has 2 aliphatic heterocycles. The molecule has 0 amide bonds. The molecule has 0 saturated carbocycles. The summed E-state index contributed by atoms with van der Waals surface area (Å²) in [6, 6.07) is 4.39. The lowest BCUT2D eigenvalue weighted by molar-refractivity contribution is -0.274. The van der Waals surface area contributed by atoms with Gasteiger partial charge in [0.15, 0.2) is 0 Å². The summed E-state index contributed by atoms with van der Waals surface area (Å²) in [5.74, 6) is -0.456. The van der Waals surface area contributed by atoms with Crippen LogP contribution >= 0.6 is 0 Å². The number of hydrogen-bond acceptors (Lipinski definition) is 5. The van der Waals surface area contributed by atoms with Crippen LogP contribution in [0.5, 0.6) is 5.75 Å². The fourth-order valence-corrected chi connectivity index (χ4v) is 4.64. The van der Waals surface area contributed by atoms with Crippen molar-refractivity contribution in [2.75, 3.05) is 26.3 Å². The van der Waals surface area contributed by atoms with E-state index in [-0.39, 0.29) is 10.9 Å². The summed E-state index contributed by atoms with van der Waals surface area (Å²) < 4.78 is 73.2. The van der Waals surface area contributed by atoms with Gasteiger partial charge in [-0.15, -0.1) is 13.2 Å². The number of ether oxygens (including phenoxy) is 2. The van der Waals surface area contributed by atoms with E-state index in [0.29, 0.717) is 19.0 Å². The van der Waals surface area contributed by atoms with Crippen molar-refractivity contribution >= 4 is 10.0 Å². The second-order valence-electron chi connectivity index (χ2n) is 6.46. The van der Waals surface area contributed by atoms with E-state index in [1.165, 1.54) is 0 Å². The molecule has 2 aliphatic rings. The van der Waals surface area contributed by atoms with Crippen LogP contribution in [0.25, 0.3) is 0 Å². The van der Waals surface area contributed by atoms with Crippen LogP contribution in [0.4, 0.5) is 13.2 Å². The van der Waals surface area contributed by atoms with Gasteiger partial charge in [0.25, 0.3) is 0 Å². The topological polar surface area (TPSA) is 67.9 Å². The summed E-state index contributed by atoms with van der Waals surface area (Å²) in [7, 11) is -3.80. The molecule has 10 heteroatoms. The second kappa shape index (κ2) is 7.71. The number of halogens is 3. The van der Waals surface area contributed by atoms with E-state index >= 15 is 0 Å². The van der Waals surface area contributed by atoms with Crippen molar-refractivity contribution in [2.45, 2.75) is 42.6 Å². The molecule has 0 aliphatic carbocycles. The minimum absolute atomic E-state index is 0.0865. The molecule has 6 nitrogen and oxygen atoms in total. The molecule has 3 rings (SSSR count). The number of rotatable bonds is 5. The standard InChI is InChI=1S/C16H21F3N2O4S/c17-16(18,19)25-14-1-3-15(4-2-14)26(22,23)20-12-5-8-21(11-12)13-6-9-24-10-7-13/h1-4,12-13,20H,5-11H2. The first-order valence-corrected chi connectivity index (χ1v) is 9.91. The Kier molecular flexibility index (Phi) is 5.75. The van der Waals surface area contributed by atoms with Gasteiger partial charge in [0, 0.05) is 38.4 Å². The molecule has 26 heavy (non-hydrogen) atoms. The molecule has 2 fully saturated rings. The lowest BCUT2D eigenvalue weighted by atomic mass is 10.1. The third kappa shape index (κ3) is 5.09. The van der Waals surface area contributed by atoms with E-state index < -0.39 is 22.1 Å². The second-order valence-corrected chi connectivity index (χ2v) is 8.18. The number of alkyl halides is 3. The maximum Gasteiger partial charge on any atom is 0.573 e. The number of nitrogens with one attached hydrogen (secondary N) is 1. The van der Waals surface area contributed by atoms with Crippen molar-refractivity contribution in [3.05, 3.63) is 24.3 Å². The summed E-state index contributed by atoms with van der Waals surface area (Å²) >= 11 is 0. The highest BCUT2D eigenvalue weighted by Gasteiger charge is 2.33. The fourth-order valence-electron chi connectivity index (χ4n) is 3.37. The van der Waals surface area contributed by atoms with Crippen molar-refractivity contribution in [2.24, 2.45) is 0 Å². The lowest BCUT2D eigenvalue weighted by Crippen LogP contribution is -2.41. The number of hydrogen-bond donors (Lipinski definition) is 1. The Morgan fingerprint density at radius 2 is 1.77 bits per heavy atom. The molecule has 0 aromatic heterocycles. The van der Waals surface area contributed by atoms with Crippen LogP contribution in [0.1, 0.15) is 19.3 Å². The van der Waals surface area contributed by atoms with Crippen molar-refractivity contribution in [3.8, 4) is 5.75 Å². The minimum Gasteiger partial charge on any atom is -0.406 e. The van der Waals surface area contributed by atoms with Gasteiger partial charge in [-0.3, -0.25) is 4.90 Å². The van der Waals surface area contributed by atoms with Crippen LogP contribution in [-0.2, 0) is 14.8 Å². The maximum atomic E-state index is 12.5. The van der Waals surface area contributed by atoms with Gasteiger partial charge in [0.1, 0.15) is 5.75 Å². The Morgan fingerprint density at radius 1 is 1.12 bits per heavy atom. The Hall–Kier alpha value is -1.36. The van der Waals surface area contributed by atoms with Gasteiger partial charge < -0.3 is 9.47 Å². The summed E-state index contributed by atoms with van der Waals surface area (Å²) in [6.45, 7) is 2.89. The van der Waals surface area contributed by atoms with Gasteiger partial charge in [-0.1, -0.05) is 0 Å². The molecule has 146 valence electrons. The monoisotopic (exact) mass is 394 g/mol. The third-order valence-electron chi connectivity index (χ3n) is 4.62. The molecule has 2 heterocycles. The highest BCUT2D eigenvalue weighted by atomic mass is 32.2. The van der Waals surface area contributed by atoms with E-state index in [1.807, 2.05) is 0 Å². The Bertz CT molecular complexity index is 703. The zero-order chi connectivity index (χ0) is 18.8. The normalized spacial score (nSPS) is 23.3. The molecule has 1 unspecified atom stereocenters. The van der Waals surface area contributed by atoms with Gasteiger partial charge in [-0.2, -0.15) is 0 Å². The van der Waals surface area contributed by atoms with Crippen molar-refractivity contribution in [1.82, 2.24) is 9.62 Å². The van der Waals surface area contributed by atoms with Crippen molar-refractivity contribution in [1.29, 1.82) is 0 Å². The van der Waals surface area contributed by atoms with Crippen molar-refractivity contribution in [3.63, 3.8) is 0 Å². The average Bonchev–Trinajstić information content (AvgIpc) is 3.02. The van der Waals surface area contributed by atoms with Crippen molar-refractivity contribution < 1.29 is 31.1 Å². The smallest absolute Gasteiger partial charge is 0.406 e. The largest absolute Gasteiger partial charge is 0.573 e. The van der Waals surface area contributed by atoms with Crippen LogP contribution in [0.3, 0.4) is 0 Å². The molecule has 0 radical (unpaired) electrons. The number of sulfonamides is 1. The quantitative estimate of drug-likeness (QED) is 0.829. The van der Waals surface area contributed by atoms with Crippen LogP contribution in [0.2, 0.25) is 0 Å². The molecule has 1 aromatic rings. The summed E-state index contributed by atoms with van der Waals surface area (Å²) in [5.41, 5.74) is 0. The first kappa shape index (κ1) is 19.4. The number of likely N-dealkylation sites (tertiary alicyclic amines) is 1. The molecule has 2 saturated heterocycles. The van der Waals surface area contributed by atoms with Gasteiger partial charge in [0.05, 0.1) is 4.90 Å². The van der Waals surface area contributed by atoms with E-state index in [2.05, 4.69) is 14.4 Å². The van der Waals surface area contributed by atoms with Gasteiger partial charge in [-0.25, -0.2) is 13.1 Å². The maximum absolute atomic E-state index is 12.5. The van der Waals surface area contributed by atoms with E-state index in [1.54, 1.807) is 0 Å². The molecule has 1 atom stereocenters. The minimum atomic E-state index is -4.81. The number of nitrogens with zero attached hydrogens (tertiary/aromatic N) is 1. The fraction of sp³-hybridized carbons (Fsp3) is 0.625. The summed E-state index contributed by atoms with van der Waals surface area (Å²) in [5, 5.41) is 0. The highest BCUT2D eigenvalue weighted by molar-refractivity contribution is 7.89. The first-order valence-electron chi connectivity index (χ1n) is 8.43. The predicted octanol–water partition coefficient (Wildman–Crippen LogP) is 2.12. The van der Waals surface area contributed by atoms with Crippen LogP contribution < -0.4 is 9.46 Å². The molecular weight excluding hydrogens is 373 g/mol. The lowest BCUT2D eigenvalue weighted by Gasteiger charge is -2.31. The SMILES string of the molecule is O=S(=O)(NC1CCN(C2CCOCC2)C1)c1ccc(OC(F)(F)F)cc1. The van der Waals surface area contributed by atoms with E-state index in [4.69, 9.17) is 4.74 Å². The van der Waals surface area contributed by atoms with Crippen LogP contribution in [0, 0.1) is 0 Å². The van der Waals surface area contributed by atoms with E-state index in [0.717, 1.165) is 56.9 Å². The molecular formula is C16H21F3N2O4S. The average molecular weight is 394 g/mol. The summed E-state index contributed by atoms with van der Waals surface area (Å²) in [6.07, 6.45) is -2.22. The van der Waals surface area contributed by atoms with E-state index in [9.17, 15) is 21.6 Å². The first-order chi connectivity index (χ1) is 12.2. The van der Waals surface area contributed by atoms with Crippen LogP contribution in [0.15, 0.2) is 29.2 Å². The zero-order valence-corrected chi connectivity index (χ0v) is 14.9. The highest BCUT2D eigenvalue weighted by Crippen LogP contribution is 2.25. The van der Waals surface area contributed by atoms with Gasteiger partial charge in [0.2, 0.25) is 10.0 Å². The third-order valence-corrected chi connectivity index (χ3v) is 6.15. The Labute approximate surface area is 150 Å². The molecule has 1 N–H and O–H groups in total. The number of benzene rings is 1. The zero-order valence-electron chi connectivity index (χ0n) is 14.0. The molecule has 0 bridgehead atoms. The molecule has 0 spiro atoms. The summed E-state index contributed by atoms with van der Waals surface area (Å²) in [4.78, 5) is 2.19. The Morgan fingerprint density at radius 3 is 2.38 bits per heavy atom. The Balaban J connectivity index is 1.58.